The van der Waals surface area contributed by atoms with Crippen molar-refractivity contribution in [2.45, 2.75) is 62.9 Å². The monoisotopic (exact) mass is 594 g/mol. The van der Waals surface area contributed by atoms with E-state index in [2.05, 4.69) is 10.3 Å². The number of ether oxygens (including phenoxy) is 2. The molecule has 4 N–H and O–H groups in total. The molecule has 1 amide bonds. The first-order valence-corrected chi connectivity index (χ1v) is 14.6. The molecule has 1 saturated heterocycles. The first kappa shape index (κ1) is 31.2. The number of carboxylic acid groups (broad SMARTS) is 2. The molecule has 0 saturated carbocycles. The molecule has 10 nitrogen and oxygen atoms in total. The summed E-state index contributed by atoms with van der Waals surface area (Å²) in [7, 11) is 0. The number of hydrogen-bond donors (Lipinski definition) is 4. The van der Waals surface area contributed by atoms with Gasteiger partial charge in [0.25, 0.3) is 0 Å². The second kappa shape index (κ2) is 14.9. The quantitative estimate of drug-likeness (QED) is 0.204. The van der Waals surface area contributed by atoms with Gasteiger partial charge in [-0.25, -0.2) is 9.78 Å². The first-order chi connectivity index (χ1) is 20.2. The topological polar surface area (TPSA) is 155 Å². The lowest BCUT2D eigenvalue weighted by molar-refractivity contribution is -0.268. The number of carbonyl (C=O) groups is 3. The molecule has 1 aromatic heterocycles. The van der Waals surface area contributed by atoms with E-state index in [1.165, 1.54) is 17.8 Å². The summed E-state index contributed by atoms with van der Waals surface area (Å²) in [5.41, 5.74) is 3.53. The van der Waals surface area contributed by atoms with Crippen LogP contribution in [0.3, 0.4) is 0 Å². The molecule has 4 rings (SSSR count). The standard InChI is InChI=1S/C31H34N2O8S/c1-19-25(18-42-29-24(30(38)39)4-3-15-32-29)40-31(41-28(19)22-11-9-21(17-34)10-12-22)23-13-7-20(8-14-23)16-33-26(35)5-2-6-27(36)37/h3-4,7-15,19,25,28,31,34H,2,5-6,16-18H2,1H3,(H,33,35)(H,36,37)(H,38,39)/t19-,25+,28+,31+/m0/s1. The van der Waals surface area contributed by atoms with Crippen molar-refractivity contribution in [3.05, 3.63) is 94.7 Å². The molecule has 222 valence electrons. The summed E-state index contributed by atoms with van der Waals surface area (Å²) in [6, 6.07) is 18.2. The van der Waals surface area contributed by atoms with E-state index in [0.717, 1.165) is 22.3 Å². The van der Waals surface area contributed by atoms with Crippen molar-refractivity contribution in [1.29, 1.82) is 0 Å². The van der Waals surface area contributed by atoms with Crippen LogP contribution in [0.4, 0.5) is 0 Å². The van der Waals surface area contributed by atoms with E-state index in [1.54, 1.807) is 12.3 Å². The maximum atomic E-state index is 12.0. The summed E-state index contributed by atoms with van der Waals surface area (Å²) in [6.07, 6.45) is 0.638. The van der Waals surface area contributed by atoms with Crippen molar-refractivity contribution in [3.8, 4) is 0 Å². The summed E-state index contributed by atoms with van der Waals surface area (Å²) >= 11 is 1.33. The zero-order valence-electron chi connectivity index (χ0n) is 23.1. The van der Waals surface area contributed by atoms with Gasteiger partial charge in [-0.05, 0) is 35.2 Å². The van der Waals surface area contributed by atoms with Crippen LogP contribution in [-0.4, -0.2) is 50.0 Å². The van der Waals surface area contributed by atoms with Crippen LogP contribution in [0.1, 0.15) is 71.2 Å². The molecule has 1 aliphatic rings. The number of carboxylic acids is 2. The molecular weight excluding hydrogens is 560 g/mol. The molecular formula is C31H34N2O8S. The Morgan fingerprint density at radius 3 is 2.29 bits per heavy atom. The second-order valence-corrected chi connectivity index (χ2v) is 11.1. The minimum atomic E-state index is -1.04. The molecule has 0 radical (unpaired) electrons. The van der Waals surface area contributed by atoms with Crippen LogP contribution in [0, 0.1) is 5.92 Å². The smallest absolute Gasteiger partial charge is 0.338 e. The number of pyridine rings is 1. The highest BCUT2D eigenvalue weighted by Gasteiger charge is 2.38. The Morgan fingerprint density at radius 1 is 0.929 bits per heavy atom. The predicted molar refractivity (Wildman–Crippen MR) is 155 cm³/mol. The Labute approximate surface area is 248 Å². The number of hydrogen-bond acceptors (Lipinski definition) is 8. The van der Waals surface area contributed by atoms with Crippen LogP contribution in [0.2, 0.25) is 0 Å². The van der Waals surface area contributed by atoms with Gasteiger partial charge < -0.3 is 30.1 Å². The normalized spacial score (nSPS) is 20.1. The Morgan fingerprint density at radius 2 is 1.62 bits per heavy atom. The SMILES string of the molecule is C[C@H]1[C@@H](CSc2ncccc2C(=O)O)O[C@@H](c2ccc(CNC(=O)CCCC(=O)O)cc2)O[C@H]1c1ccc(CO)cc1. The molecule has 0 bridgehead atoms. The third-order valence-electron chi connectivity index (χ3n) is 7.05. The summed E-state index contributed by atoms with van der Waals surface area (Å²) in [6.45, 7) is 2.28. The fourth-order valence-electron chi connectivity index (χ4n) is 4.62. The number of aromatic carboxylic acids is 1. The number of aliphatic hydroxyl groups is 1. The number of carbonyl (C=O) groups excluding carboxylic acids is 1. The predicted octanol–water partition coefficient (Wildman–Crippen LogP) is 4.73. The molecule has 1 fully saturated rings. The number of rotatable bonds is 13. The Hall–Kier alpha value is -3.77. The van der Waals surface area contributed by atoms with E-state index in [4.69, 9.17) is 14.6 Å². The van der Waals surface area contributed by atoms with Gasteiger partial charge in [-0.1, -0.05) is 55.5 Å². The highest BCUT2D eigenvalue weighted by molar-refractivity contribution is 7.99. The van der Waals surface area contributed by atoms with Crippen LogP contribution in [-0.2, 0) is 32.2 Å². The molecule has 3 aromatic rings. The number of nitrogens with one attached hydrogen (secondary N) is 1. The summed E-state index contributed by atoms with van der Waals surface area (Å²) in [5.74, 6) is -1.80. The molecule has 4 atom stereocenters. The summed E-state index contributed by atoms with van der Waals surface area (Å²) in [5, 5.41) is 31.0. The zero-order valence-corrected chi connectivity index (χ0v) is 24.0. The van der Waals surface area contributed by atoms with Gasteiger partial charge in [0.15, 0.2) is 6.29 Å². The number of thioether (sulfide) groups is 1. The number of aromatic nitrogens is 1. The maximum absolute atomic E-state index is 12.0. The number of nitrogens with zero attached hydrogens (tertiary/aromatic N) is 1. The maximum Gasteiger partial charge on any atom is 0.338 e. The fraction of sp³-hybridized carbons (Fsp3) is 0.355. The number of aliphatic hydroxyl groups excluding tert-OH is 1. The van der Waals surface area contributed by atoms with Gasteiger partial charge in [-0.3, -0.25) is 9.59 Å². The lowest BCUT2D eigenvalue weighted by Crippen LogP contribution is -2.38. The Kier molecular flexibility index (Phi) is 11.1. The van der Waals surface area contributed by atoms with Crippen molar-refractivity contribution >= 4 is 29.6 Å². The minimum Gasteiger partial charge on any atom is -0.481 e. The van der Waals surface area contributed by atoms with Gasteiger partial charge in [0.2, 0.25) is 5.91 Å². The van der Waals surface area contributed by atoms with Gasteiger partial charge >= 0.3 is 11.9 Å². The average molecular weight is 595 g/mol. The van der Waals surface area contributed by atoms with Crippen LogP contribution < -0.4 is 5.32 Å². The van der Waals surface area contributed by atoms with Gasteiger partial charge in [-0.2, -0.15) is 0 Å². The van der Waals surface area contributed by atoms with E-state index in [9.17, 15) is 24.6 Å². The van der Waals surface area contributed by atoms with E-state index >= 15 is 0 Å². The Balaban J connectivity index is 1.48. The summed E-state index contributed by atoms with van der Waals surface area (Å²) in [4.78, 5) is 38.6. The second-order valence-electron chi connectivity index (χ2n) is 10.1. The van der Waals surface area contributed by atoms with Gasteiger partial charge in [0, 0.05) is 42.8 Å². The molecule has 0 spiro atoms. The minimum absolute atomic E-state index is 0.0449. The van der Waals surface area contributed by atoms with E-state index in [-0.39, 0.29) is 55.5 Å². The lowest BCUT2D eigenvalue weighted by atomic mass is 9.91. The van der Waals surface area contributed by atoms with Crippen LogP contribution in [0.15, 0.2) is 71.9 Å². The van der Waals surface area contributed by atoms with E-state index in [1.807, 2.05) is 55.5 Å². The first-order valence-electron chi connectivity index (χ1n) is 13.6. The number of amides is 1. The van der Waals surface area contributed by atoms with Crippen molar-refractivity contribution in [1.82, 2.24) is 10.3 Å². The van der Waals surface area contributed by atoms with Crippen LogP contribution >= 0.6 is 11.8 Å². The number of aliphatic carboxylic acids is 1. The number of benzene rings is 2. The molecule has 42 heavy (non-hydrogen) atoms. The fourth-order valence-corrected chi connectivity index (χ4v) is 5.77. The molecule has 2 heterocycles. The highest BCUT2D eigenvalue weighted by atomic mass is 32.2. The molecule has 2 aromatic carbocycles. The largest absolute Gasteiger partial charge is 0.481 e. The van der Waals surface area contributed by atoms with Crippen LogP contribution in [0.25, 0.3) is 0 Å². The van der Waals surface area contributed by atoms with Gasteiger partial charge in [0.05, 0.1) is 24.4 Å². The molecule has 1 aliphatic heterocycles. The van der Waals surface area contributed by atoms with Crippen molar-refractivity contribution < 1.29 is 39.2 Å². The van der Waals surface area contributed by atoms with Crippen molar-refractivity contribution in [2.75, 3.05) is 5.75 Å². The van der Waals surface area contributed by atoms with Crippen molar-refractivity contribution in [2.24, 2.45) is 5.92 Å². The van der Waals surface area contributed by atoms with Gasteiger partial charge in [0.1, 0.15) is 5.03 Å². The summed E-state index contributed by atoms with van der Waals surface area (Å²) < 4.78 is 12.9. The average Bonchev–Trinajstić information content (AvgIpc) is 3.00. The zero-order chi connectivity index (χ0) is 30.1. The third kappa shape index (κ3) is 8.39. The van der Waals surface area contributed by atoms with Gasteiger partial charge in [-0.15, -0.1) is 11.8 Å². The van der Waals surface area contributed by atoms with Crippen molar-refractivity contribution in [3.63, 3.8) is 0 Å². The molecule has 11 heteroatoms. The molecule has 0 unspecified atom stereocenters. The highest BCUT2D eigenvalue weighted by Crippen LogP contribution is 2.43. The van der Waals surface area contributed by atoms with E-state index in [0.29, 0.717) is 17.3 Å². The third-order valence-corrected chi connectivity index (χ3v) is 8.14. The van der Waals surface area contributed by atoms with E-state index < -0.39 is 18.2 Å². The van der Waals surface area contributed by atoms with Crippen LogP contribution in [0.5, 0.6) is 0 Å². The Bertz CT molecular complexity index is 1370. The lowest BCUT2D eigenvalue weighted by Gasteiger charge is -2.41. The molecule has 0 aliphatic carbocycles.